The van der Waals surface area contributed by atoms with Crippen LogP contribution in [-0.4, -0.2) is 59.9 Å². The predicted molar refractivity (Wildman–Crippen MR) is 156 cm³/mol. The molecule has 2 saturated carbocycles. The molecule has 36 heavy (non-hydrogen) atoms. The molecular weight excluding hydrogens is 484 g/mol. The van der Waals surface area contributed by atoms with Crippen molar-refractivity contribution < 1.29 is 0 Å². The van der Waals surface area contributed by atoms with E-state index >= 15 is 0 Å². The Morgan fingerprint density at radius 3 is 1.50 bits per heavy atom. The van der Waals surface area contributed by atoms with Gasteiger partial charge in [-0.25, -0.2) is 9.98 Å². The molecular formula is C28H44N6S2. The van der Waals surface area contributed by atoms with E-state index in [4.69, 9.17) is 9.98 Å². The molecule has 198 valence electrons. The van der Waals surface area contributed by atoms with Crippen molar-refractivity contribution >= 4 is 33.9 Å². The van der Waals surface area contributed by atoms with Gasteiger partial charge < -0.3 is 10.6 Å². The quantitative estimate of drug-likeness (QED) is 0.454. The summed E-state index contributed by atoms with van der Waals surface area (Å²) < 4.78 is 0. The average Bonchev–Trinajstić information content (AvgIpc) is 2.94. The molecule has 5 rings (SSSR count). The molecule has 0 spiro atoms. The van der Waals surface area contributed by atoms with Crippen LogP contribution in [0.3, 0.4) is 0 Å². The standard InChI is InChI=1S/C28H44N6S2/c1-3-9-23(10-4-1)15-33-19-29-27(30-20-33)35-17-25-13-7-8-14-26(25)18-36-28-31-21-34(22-32-28)16-24-11-5-2-6-12-24/h7-8,13-14,23-24H,1-6,9-12,15-22H2,(H,29,30)(H,31,32). The smallest absolute Gasteiger partial charge is 0.159 e. The molecule has 0 amide bonds. The molecule has 0 unspecified atom stereocenters. The number of thioether (sulfide) groups is 2. The first-order chi connectivity index (χ1) is 17.8. The van der Waals surface area contributed by atoms with Crippen LogP contribution in [0.1, 0.15) is 75.3 Å². The summed E-state index contributed by atoms with van der Waals surface area (Å²) in [6.07, 6.45) is 14.1. The maximum Gasteiger partial charge on any atom is 0.159 e. The lowest BCUT2D eigenvalue weighted by Crippen LogP contribution is -2.44. The predicted octanol–water partition coefficient (Wildman–Crippen LogP) is 5.67. The highest BCUT2D eigenvalue weighted by Gasteiger charge is 2.21. The summed E-state index contributed by atoms with van der Waals surface area (Å²) in [5.41, 5.74) is 2.80. The van der Waals surface area contributed by atoms with Crippen LogP contribution in [0.4, 0.5) is 0 Å². The Kier molecular flexibility index (Phi) is 10.3. The number of amidine groups is 2. The van der Waals surface area contributed by atoms with E-state index in [2.05, 4.69) is 44.7 Å². The van der Waals surface area contributed by atoms with Gasteiger partial charge in [-0.2, -0.15) is 0 Å². The highest BCUT2D eigenvalue weighted by Crippen LogP contribution is 2.27. The Morgan fingerprint density at radius 1 is 0.667 bits per heavy atom. The molecule has 6 nitrogen and oxygen atoms in total. The summed E-state index contributed by atoms with van der Waals surface area (Å²) in [5.74, 6) is 3.66. The van der Waals surface area contributed by atoms with E-state index < -0.39 is 0 Å². The minimum absolute atomic E-state index is 0.840. The number of hydrogen-bond acceptors (Lipinski definition) is 8. The van der Waals surface area contributed by atoms with Crippen molar-refractivity contribution in [1.82, 2.24) is 20.4 Å². The third kappa shape index (κ3) is 8.14. The fourth-order valence-corrected chi connectivity index (χ4v) is 7.72. The van der Waals surface area contributed by atoms with Crippen LogP contribution in [0.5, 0.6) is 0 Å². The topological polar surface area (TPSA) is 55.3 Å². The van der Waals surface area contributed by atoms with Gasteiger partial charge in [0.2, 0.25) is 0 Å². The zero-order valence-electron chi connectivity index (χ0n) is 21.8. The Balaban J connectivity index is 1.04. The molecule has 0 aromatic heterocycles. The Labute approximate surface area is 226 Å². The zero-order valence-corrected chi connectivity index (χ0v) is 23.4. The van der Waals surface area contributed by atoms with Gasteiger partial charge in [0, 0.05) is 24.6 Å². The van der Waals surface area contributed by atoms with Gasteiger partial charge in [-0.3, -0.25) is 9.80 Å². The lowest BCUT2D eigenvalue weighted by molar-refractivity contribution is 0.196. The van der Waals surface area contributed by atoms with Crippen LogP contribution < -0.4 is 10.6 Å². The molecule has 2 N–H and O–H groups in total. The second-order valence-electron chi connectivity index (χ2n) is 10.9. The van der Waals surface area contributed by atoms with Crippen LogP contribution in [0.15, 0.2) is 34.3 Å². The normalized spacial score (nSPS) is 23.0. The summed E-state index contributed by atoms with van der Waals surface area (Å²) in [4.78, 5) is 14.6. The monoisotopic (exact) mass is 528 g/mol. The van der Waals surface area contributed by atoms with Crippen LogP contribution in [0.2, 0.25) is 0 Å². The molecule has 0 saturated heterocycles. The van der Waals surface area contributed by atoms with Crippen LogP contribution in [-0.2, 0) is 11.5 Å². The zero-order chi connectivity index (χ0) is 24.4. The molecule has 2 aliphatic heterocycles. The van der Waals surface area contributed by atoms with Gasteiger partial charge in [-0.05, 0) is 48.6 Å². The van der Waals surface area contributed by atoms with E-state index in [9.17, 15) is 0 Å². The molecule has 2 heterocycles. The first kappa shape index (κ1) is 26.4. The summed E-state index contributed by atoms with van der Waals surface area (Å²) in [6, 6.07) is 8.85. The first-order valence-corrected chi connectivity index (χ1v) is 16.1. The second kappa shape index (κ2) is 14.1. The van der Waals surface area contributed by atoms with E-state index in [1.165, 1.54) is 88.4 Å². The van der Waals surface area contributed by atoms with Crippen molar-refractivity contribution in [3.63, 3.8) is 0 Å². The van der Waals surface area contributed by atoms with Crippen LogP contribution in [0, 0.1) is 11.8 Å². The van der Waals surface area contributed by atoms with E-state index in [1.807, 2.05) is 23.5 Å². The molecule has 1 aromatic rings. The van der Waals surface area contributed by atoms with Crippen molar-refractivity contribution in [2.24, 2.45) is 21.8 Å². The Bertz CT molecular complexity index is 808. The summed E-state index contributed by atoms with van der Waals surface area (Å²) in [7, 11) is 0. The lowest BCUT2D eigenvalue weighted by atomic mass is 9.89. The van der Waals surface area contributed by atoms with Gasteiger partial charge in [-0.1, -0.05) is 86.3 Å². The maximum absolute atomic E-state index is 4.84. The van der Waals surface area contributed by atoms with E-state index in [1.54, 1.807) is 0 Å². The lowest BCUT2D eigenvalue weighted by Gasteiger charge is -2.31. The number of benzene rings is 1. The molecule has 4 aliphatic rings. The summed E-state index contributed by atoms with van der Waals surface area (Å²) >= 11 is 3.68. The molecule has 2 fully saturated rings. The number of hydrogen-bond donors (Lipinski definition) is 2. The van der Waals surface area contributed by atoms with Crippen molar-refractivity contribution in [3.8, 4) is 0 Å². The van der Waals surface area contributed by atoms with Crippen molar-refractivity contribution in [1.29, 1.82) is 0 Å². The van der Waals surface area contributed by atoms with E-state index in [0.717, 1.165) is 60.4 Å². The largest absolute Gasteiger partial charge is 0.352 e. The van der Waals surface area contributed by atoms with Gasteiger partial charge in [0.1, 0.15) is 0 Å². The second-order valence-corrected chi connectivity index (χ2v) is 12.9. The van der Waals surface area contributed by atoms with Gasteiger partial charge in [0.05, 0.1) is 26.7 Å². The number of aliphatic imine (C=N–C) groups is 2. The van der Waals surface area contributed by atoms with Gasteiger partial charge in [-0.15, -0.1) is 0 Å². The van der Waals surface area contributed by atoms with Crippen LogP contribution in [0.25, 0.3) is 0 Å². The Hall–Kier alpha value is -1.22. The SMILES string of the molecule is c1ccc(CSC2=NCN(CC3CCCCC3)CN2)c(CSC2=NCN(CC3CCCCC3)CN2)c1. The molecule has 0 atom stereocenters. The highest BCUT2D eigenvalue weighted by molar-refractivity contribution is 8.13. The van der Waals surface area contributed by atoms with E-state index in [0.29, 0.717) is 0 Å². The molecule has 1 aromatic carbocycles. The minimum atomic E-state index is 0.840. The number of nitrogens with zero attached hydrogens (tertiary/aromatic N) is 4. The molecule has 2 aliphatic carbocycles. The van der Waals surface area contributed by atoms with E-state index in [-0.39, 0.29) is 0 Å². The van der Waals surface area contributed by atoms with Gasteiger partial charge >= 0.3 is 0 Å². The van der Waals surface area contributed by atoms with Crippen molar-refractivity contribution in [2.75, 3.05) is 39.8 Å². The molecule has 0 radical (unpaired) electrons. The van der Waals surface area contributed by atoms with Crippen molar-refractivity contribution in [3.05, 3.63) is 35.4 Å². The third-order valence-corrected chi connectivity index (χ3v) is 10.1. The highest BCUT2D eigenvalue weighted by atomic mass is 32.2. The number of nitrogens with one attached hydrogen (secondary N) is 2. The fraction of sp³-hybridized carbons (Fsp3) is 0.714. The Morgan fingerprint density at radius 2 is 1.11 bits per heavy atom. The fourth-order valence-electron chi connectivity index (χ4n) is 5.94. The first-order valence-electron chi connectivity index (χ1n) is 14.2. The van der Waals surface area contributed by atoms with Crippen LogP contribution >= 0.6 is 23.5 Å². The average molecular weight is 529 g/mol. The maximum atomic E-state index is 4.84. The number of rotatable bonds is 8. The van der Waals surface area contributed by atoms with Gasteiger partial charge in [0.25, 0.3) is 0 Å². The minimum Gasteiger partial charge on any atom is -0.352 e. The van der Waals surface area contributed by atoms with Crippen molar-refractivity contribution in [2.45, 2.75) is 75.7 Å². The molecule has 8 heteroatoms. The van der Waals surface area contributed by atoms with Gasteiger partial charge in [0.15, 0.2) is 10.3 Å². The summed E-state index contributed by atoms with van der Waals surface area (Å²) in [5, 5.41) is 9.31. The third-order valence-electron chi connectivity index (χ3n) is 8.07. The molecule has 0 bridgehead atoms. The summed E-state index contributed by atoms with van der Waals surface area (Å²) in [6.45, 7) is 5.95.